The summed E-state index contributed by atoms with van der Waals surface area (Å²) in [7, 11) is 0. The number of nitrogens with zero attached hydrogens (tertiary/aromatic N) is 1. The van der Waals surface area contributed by atoms with Crippen molar-refractivity contribution in [3.63, 3.8) is 0 Å². The van der Waals surface area contributed by atoms with Gasteiger partial charge in [-0.15, -0.1) is 11.3 Å². The van der Waals surface area contributed by atoms with Gasteiger partial charge in [-0.3, -0.25) is 5.41 Å². The summed E-state index contributed by atoms with van der Waals surface area (Å²) in [6.07, 6.45) is 0. The molecule has 0 saturated heterocycles. The number of rotatable bonds is 5. The van der Waals surface area contributed by atoms with E-state index in [0.29, 0.717) is 12.5 Å². The summed E-state index contributed by atoms with van der Waals surface area (Å²) in [5.74, 6) is 1.38. The van der Waals surface area contributed by atoms with Gasteiger partial charge >= 0.3 is 0 Å². The minimum Gasteiger partial charge on any atom is -0.486 e. The van der Waals surface area contributed by atoms with E-state index >= 15 is 0 Å². The van der Waals surface area contributed by atoms with Crippen molar-refractivity contribution >= 4 is 17.2 Å². The quantitative estimate of drug-likeness (QED) is 0.654. The zero-order chi connectivity index (χ0) is 14.7. The molecule has 0 aliphatic carbocycles. The van der Waals surface area contributed by atoms with Crippen molar-refractivity contribution in [3.8, 4) is 5.75 Å². The third-order valence-electron chi connectivity index (χ3n) is 2.97. The van der Waals surface area contributed by atoms with Gasteiger partial charge in [-0.25, -0.2) is 4.98 Å². The van der Waals surface area contributed by atoms with Crippen molar-refractivity contribution < 1.29 is 4.74 Å². The number of aryl methyl sites for hydroxylation is 1. The predicted molar refractivity (Wildman–Crippen MR) is 82.7 cm³/mol. The monoisotopic (exact) mass is 289 g/mol. The molecule has 1 aromatic heterocycles. The highest BCUT2D eigenvalue weighted by Crippen LogP contribution is 2.23. The molecule has 2 aromatic rings. The number of thiazole rings is 1. The lowest BCUT2D eigenvalue weighted by Crippen LogP contribution is -2.10. The van der Waals surface area contributed by atoms with E-state index < -0.39 is 0 Å². The van der Waals surface area contributed by atoms with Crippen LogP contribution in [0.15, 0.2) is 24.3 Å². The van der Waals surface area contributed by atoms with Crippen molar-refractivity contribution in [1.82, 2.24) is 4.98 Å². The number of nitrogens with one attached hydrogen (secondary N) is 1. The number of amidine groups is 1. The van der Waals surface area contributed by atoms with Gasteiger partial charge in [-0.2, -0.15) is 0 Å². The molecular formula is C15H19N3OS. The van der Waals surface area contributed by atoms with E-state index in [2.05, 4.69) is 31.0 Å². The molecule has 0 bridgehead atoms. The van der Waals surface area contributed by atoms with Crippen LogP contribution in [0.2, 0.25) is 0 Å². The second-order valence-electron chi connectivity index (χ2n) is 4.95. The van der Waals surface area contributed by atoms with Gasteiger partial charge in [0, 0.05) is 0 Å². The fourth-order valence-corrected chi connectivity index (χ4v) is 2.71. The molecule has 106 valence electrons. The van der Waals surface area contributed by atoms with Crippen LogP contribution in [0, 0.1) is 12.3 Å². The maximum Gasteiger partial charge on any atom is 0.140 e. The highest BCUT2D eigenvalue weighted by molar-refractivity contribution is 7.13. The van der Waals surface area contributed by atoms with Crippen molar-refractivity contribution in [2.24, 2.45) is 5.73 Å². The largest absolute Gasteiger partial charge is 0.486 e. The Morgan fingerprint density at radius 2 is 2.20 bits per heavy atom. The van der Waals surface area contributed by atoms with Crippen LogP contribution in [0.25, 0.3) is 0 Å². The van der Waals surface area contributed by atoms with Crippen molar-refractivity contribution in [2.75, 3.05) is 0 Å². The molecule has 0 atom stereocenters. The Bertz CT molecular complexity index is 619. The zero-order valence-electron chi connectivity index (χ0n) is 11.9. The molecule has 2 rings (SSSR count). The minimum atomic E-state index is 0.0630. The molecule has 0 amide bonds. The van der Waals surface area contributed by atoms with Gasteiger partial charge in [-0.05, 0) is 30.5 Å². The number of nitrogens with two attached hydrogens (primary N) is 1. The molecule has 0 spiro atoms. The maximum atomic E-state index is 7.47. The van der Waals surface area contributed by atoms with Crippen LogP contribution in [0.3, 0.4) is 0 Å². The average molecular weight is 289 g/mol. The fourth-order valence-electron chi connectivity index (χ4n) is 1.87. The SMILES string of the molecule is Cc1nc(COc2cccc(C(C)C)c2)sc1C(=N)N. The Morgan fingerprint density at radius 3 is 2.80 bits per heavy atom. The lowest BCUT2D eigenvalue weighted by atomic mass is 10.0. The predicted octanol–water partition coefficient (Wildman–Crippen LogP) is 3.44. The Labute approximate surface area is 123 Å². The number of hydrogen-bond acceptors (Lipinski definition) is 4. The summed E-state index contributed by atoms with van der Waals surface area (Å²) in [5, 5.41) is 8.30. The fraction of sp³-hybridized carbons (Fsp3) is 0.333. The summed E-state index contributed by atoms with van der Waals surface area (Å²) >= 11 is 1.41. The molecule has 0 fully saturated rings. The van der Waals surface area contributed by atoms with Gasteiger partial charge in [0.2, 0.25) is 0 Å². The van der Waals surface area contributed by atoms with Crippen molar-refractivity contribution in [1.29, 1.82) is 5.41 Å². The number of ether oxygens (including phenoxy) is 1. The van der Waals surface area contributed by atoms with E-state index in [9.17, 15) is 0 Å². The number of nitrogen functional groups attached to an aromatic ring is 1. The molecule has 20 heavy (non-hydrogen) atoms. The second kappa shape index (κ2) is 6.05. The molecule has 4 nitrogen and oxygen atoms in total. The van der Waals surface area contributed by atoms with Gasteiger partial charge in [0.1, 0.15) is 23.2 Å². The molecule has 0 aliphatic rings. The maximum absolute atomic E-state index is 7.47. The van der Waals surface area contributed by atoms with E-state index in [4.69, 9.17) is 15.9 Å². The first-order valence-corrected chi connectivity index (χ1v) is 7.32. The Morgan fingerprint density at radius 1 is 1.45 bits per heavy atom. The van der Waals surface area contributed by atoms with Crippen LogP contribution >= 0.6 is 11.3 Å². The van der Waals surface area contributed by atoms with Crippen LogP contribution in [0.1, 0.15) is 40.9 Å². The molecule has 0 unspecified atom stereocenters. The van der Waals surface area contributed by atoms with Crippen molar-refractivity contribution in [2.45, 2.75) is 33.3 Å². The lowest BCUT2D eigenvalue weighted by Gasteiger charge is -2.08. The topological polar surface area (TPSA) is 72.0 Å². The van der Waals surface area contributed by atoms with E-state index in [-0.39, 0.29) is 5.84 Å². The van der Waals surface area contributed by atoms with Crippen LogP contribution in [0.5, 0.6) is 5.75 Å². The minimum absolute atomic E-state index is 0.0630. The summed E-state index contributed by atoms with van der Waals surface area (Å²) in [5.41, 5.74) is 7.54. The highest BCUT2D eigenvalue weighted by Gasteiger charge is 2.10. The lowest BCUT2D eigenvalue weighted by molar-refractivity contribution is 0.305. The third-order valence-corrected chi connectivity index (χ3v) is 4.14. The molecule has 0 saturated carbocycles. The van der Waals surface area contributed by atoms with Crippen molar-refractivity contribution in [3.05, 3.63) is 45.4 Å². The number of benzene rings is 1. The Kier molecular flexibility index (Phi) is 4.39. The van der Waals surface area contributed by atoms with Gasteiger partial charge in [0.25, 0.3) is 0 Å². The molecular weight excluding hydrogens is 270 g/mol. The molecule has 3 N–H and O–H groups in total. The molecule has 1 aromatic carbocycles. The summed E-state index contributed by atoms with van der Waals surface area (Å²) < 4.78 is 5.77. The Hall–Kier alpha value is -1.88. The first-order chi connectivity index (χ1) is 9.47. The molecule has 1 heterocycles. The number of aromatic nitrogens is 1. The third kappa shape index (κ3) is 3.36. The molecule has 0 radical (unpaired) electrons. The summed E-state index contributed by atoms with van der Waals surface area (Å²) in [4.78, 5) is 5.10. The molecule has 0 aliphatic heterocycles. The average Bonchev–Trinajstić information content (AvgIpc) is 2.78. The van der Waals surface area contributed by atoms with Crippen LogP contribution in [-0.4, -0.2) is 10.8 Å². The smallest absolute Gasteiger partial charge is 0.140 e. The van der Waals surface area contributed by atoms with E-state index in [1.54, 1.807) is 0 Å². The first-order valence-electron chi connectivity index (χ1n) is 6.51. The zero-order valence-corrected chi connectivity index (χ0v) is 12.8. The standard InChI is InChI=1S/C15H19N3OS/c1-9(2)11-5-4-6-12(7-11)19-8-13-18-10(3)14(20-13)15(16)17/h4-7,9H,8H2,1-3H3,(H3,16,17). The van der Waals surface area contributed by atoms with Gasteiger partial charge in [0.15, 0.2) is 0 Å². The van der Waals surface area contributed by atoms with E-state index in [0.717, 1.165) is 21.3 Å². The summed E-state index contributed by atoms with van der Waals surface area (Å²) in [6.45, 7) is 6.57. The molecule has 5 heteroatoms. The van der Waals surface area contributed by atoms with Gasteiger partial charge in [-0.1, -0.05) is 26.0 Å². The van der Waals surface area contributed by atoms with E-state index in [1.807, 2.05) is 19.1 Å². The van der Waals surface area contributed by atoms with Gasteiger partial charge < -0.3 is 10.5 Å². The van der Waals surface area contributed by atoms with Crippen LogP contribution < -0.4 is 10.5 Å². The second-order valence-corrected chi connectivity index (χ2v) is 6.04. The first kappa shape index (κ1) is 14.5. The number of hydrogen-bond donors (Lipinski definition) is 2. The highest BCUT2D eigenvalue weighted by atomic mass is 32.1. The van der Waals surface area contributed by atoms with Gasteiger partial charge in [0.05, 0.1) is 10.6 Å². The normalized spacial score (nSPS) is 10.8. The Balaban J connectivity index is 2.07. The van der Waals surface area contributed by atoms with Crippen LogP contribution in [-0.2, 0) is 6.61 Å². The van der Waals surface area contributed by atoms with Crippen LogP contribution in [0.4, 0.5) is 0 Å². The summed E-state index contributed by atoms with van der Waals surface area (Å²) in [6, 6.07) is 8.09. The van der Waals surface area contributed by atoms with E-state index in [1.165, 1.54) is 16.9 Å².